The van der Waals surface area contributed by atoms with Crippen LogP contribution in [0.2, 0.25) is 0 Å². The van der Waals surface area contributed by atoms with Gasteiger partial charge < -0.3 is 19.7 Å². The average Bonchev–Trinajstić information content (AvgIpc) is 3.36. The number of nitrogens with zero attached hydrogens (tertiary/aromatic N) is 2. The topological polar surface area (TPSA) is 105 Å². The van der Waals surface area contributed by atoms with E-state index in [1.54, 1.807) is 80.3 Å². The van der Waals surface area contributed by atoms with Gasteiger partial charge >= 0.3 is 6.09 Å². The van der Waals surface area contributed by atoms with E-state index in [0.717, 1.165) is 4.31 Å². The monoisotopic (exact) mass is 551 g/mol. The Hall–Kier alpha value is -4.05. The molecule has 1 N–H and O–H groups in total. The van der Waals surface area contributed by atoms with Crippen LogP contribution in [0.25, 0.3) is 0 Å². The number of carbonyl (C=O) groups is 2. The van der Waals surface area contributed by atoms with Gasteiger partial charge in [0.1, 0.15) is 17.9 Å². The predicted octanol–water partition coefficient (Wildman–Crippen LogP) is 4.80. The predicted molar refractivity (Wildman–Crippen MR) is 148 cm³/mol. The van der Waals surface area contributed by atoms with Crippen LogP contribution in [0.5, 0.6) is 11.5 Å². The van der Waals surface area contributed by atoms with E-state index in [9.17, 15) is 18.0 Å². The highest BCUT2D eigenvalue weighted by Crippen LogP contribution is 2.35. The first kappa shape index (κ1) is 28.0. The summed E-state index contributed by atoms with van der Waals surface area (Å²) in [5.41, 5.74) is -0.402. The van der Waals surface area contributed by atoms with Crippen molar-refractivity contribution in [3.05, 3.63) is 84.9 Å². The first-order valence-electron chi connectivity index (χ1n) is 12.7. The zero-order valence-corrected chi connectivity index (χ0v) is 23.1. The molecule has 1 aliphatic heterocycles. The first-order chi connectivity index (χ1) is 18.5. The number of sulfonamides is 1. The van der Waals surface area contributed by atoms with Crippen LogP contribution in [0, 0.1) is 0 Å². The summed E-state index contributed by atoms with van der Waals surface area (Å²) in [5, 5.41) is 2.79. The molecule has 206 valence electrons. The quantitative estimate of drug-likeness (QED) is 0.431. The van der Waals surface area contributed by atoms with Gasteiger partial charge in [0.2, 0.25) is 5.91 Å². The highest BCUT2D eigenvalue weighted by molar-refractivity contribution is 7.92. The normalized spacial score (nSPS) is 15.5. The van der Waals surface area contributed by atoms with E-state index in [-0.39, 0.29) is 23.2 Å². The molecule has 1 unspecified atom stereocenters. The van der Waals surface area contributed by atoms with E-state index < -0.39 is 34.2 Å². The maximum atomic E-state index is 13.9. The number of anilines is 1. The summed E-state index contributed by atoms with van der Waals surface area (Å²) in [6, 6.07) is 23.4. The van der Waals surface area contributed by atoms with E-state index in [2.05, 4.69) is 5.32 Å². The molecule has 9 nitrogen and oxygen atoms in total. The molecule has 1 saturated heterocycles. The largest absolute Gasteiger partial charge is 0.455 e. The molecule has 3 aromatic carbocycles. The molecule has 0 radical (unpaired) electrons. The summed E-state index contributed by atoms with van der Waals surface area (Å²) in [6.45, 7) is 5.51. The van der Waals surface area contributed by atoms with Crippen molar-refractivity contribution in [2.45, 2.75) is 43.7 Å². The molecule has 1 heterocycles. The van der Waals surface area contributed by atoms with Crippen LogP contribution in [0.15, 0.2) is 89.8 Å². The Morgan fingerprint density at radius 2 is 1.56 bits per heavy atom. The molecular weight excluding hydrogens is 518 g/mol. The number of alkyl carbamates (subject to hydrolysis) is 1. The molecule has 4 rings (SSSR count). The van der Waals surface area contributed by atoms with Gasteiger partial charge in [-0.3, -0.25) is 9.10 Å². The van der Waals surface area contributed by atoms with E-state index in [1.165, 1.54) is 12.1 Å². The number of carbonyl (C=O) groups excluding carboxylic acids is 2. The second-order valence-corrected chi connectivity index (χ2v) is 12.0. The van der Waals surface area contributed by atoms with Crippen LogP contribution in [0.1, 0.15) is 27.2 Å². The van der Waals surface area contributed by atoms with Crippen molar-refractivity contribution in [3.8, 4) is 11.5 Å². The standard InChI is InChI=1S/C29H33N3O6S/c1-29(2,3)38-28(34)30-22-18-19-31(20-22)27(33)21-32(39(35,36)24-14-8-5-9-15-24)25-16-10-11-17-26(25)37-23-12-6-4-7-13-23/h4-17,22H,18-21H2,1-3H3,(H,30,34). The molecule has 0 bridgehead atoms. The minimum absolute atomic E-state index is 0.0539. The van der Waals surface area contributed by atoms with Crippen LogP contribution in [-0.2, 0) is 19.6 Å². The van der Waals surface area contributed by atoms with Crippen LogP contribution in [-0.4, -0.2) is 56.6 Å². The van der Waals surface area contributed by atoms with Crippen LogP contribution in [0.4, 0.5) is 10.5 Å². The second-order valence-electron chi connectivity index (χ2n) is 10.2. The van der Waals surface area contributed by atoms with Crippen LogP contribution < -0.4 is 14.4 Å². The summed E-state index contributed by atoms with van der Waals surface area (Å²) in [7, 11) is -4.13. The zero-order valence-electron chi connectivity index (χ0n) is 22.2. The number of amides is 2. The lowest BCUT2D eigenvalue weighted by Gasteiger charge is -2.28. The highest BCUT2D eigenvalue weighted by atomic mass is 32.2. The number of likely N-dealkylation sites (tertiary alicyclic amines) is 1. The lowest BCUT2D eigenvalue weighted by molar-refractivity contribution is -0.128. The molecule has 0 aromatic heterocycles. The van der Waals surface area contributed by atoms with Gasteiger partial charge in [-0.05, 0) is 63.6 Å². The SMILES string of the molecule is CC(C)(C)OC(=O)NC1CCN(C(=O)CN(c2ccccc2Oc2ccccc2)S(=O)(=O)c2ccccc2)C1. The Balaban J connectivity index is 1.59. The van der Waals surface area contributed by atoms with Crippen molar-refractivity contribution in [2.75, 3.05) is 23.9 Å². The molecule has 3 aromatic rings. The molecule has 2 amide bonds. The van der Waals surface area contributed by atoms with Gasteiger partial charge in [-0.1, -0.05) is 48.5 Å². The molecule has 39 heavy (non-hydrogen) atoms. The Bertz CT molecular complexity index is 1390. The summed E-state index contributed by atoms with van der Waals surface area (Å²) < 4.78 is 40.1. The fourth-order valence-corrected chi connectivity index (χ4v) is 5.63. The average molecular weight is 552 g/mol. The molecule has 1 fully saturated rings. The van der Waals surface area contributed by atoms with Crippen LogP contribution >= 0.6 is 0 Å². The van der Waals surface area contributed by atoms with Crippen molar-refractivity contribution < 1.29 is 27.5 Å². The molecule has 0 aliphatic carbocycles. The van der Waals surface area contributed by atoms with Gasteiger partial charge in [0.25, 0.3) is 10.0 Å². The fraction of sp³-hybridized carbons (Fsp3) is 0.310. The van der Waals surface area contributed by atoms with Crippen molar-refractivity contribution >= 4 is 27.7 Å². The molecule has 0 saturated carbocycles. The lowest BCUT2D eigenvalue weighted by Crippen LogP contribution is -2.44. The van der Waals surface area contributed by atoms with E-state index >= 15 is 0 Å². The fourth-order valence-electron chi connectivity index (χ4n) is 4.19. The number of hydrogen-bond acceptors (Lipinski definition) is 6. The number of ether oxygens (including phenoxy) is 2. The number of nitrogens with one attached hydrogen (secondary N) is 1. The number of para-hydroxylation sites is 3. The maximum Gasteiger partial charge on any atom is 0.407 e. The lowest BCUT2D eigenvalue weighted by atomic mass is 10.2. The number of benzene rings is 3. The molecular formula is C29H33N3O6S. The van der Waals surface area contributed by atoms with Gasteiger partial charge in [-0.25, -0.2) is 13.2 Å². The van der Waals surface area contributed by atoms with Crippen molar-refractivity contribution in [3.63, 3.8) is 0 Å². The van der Waals surface area contributed by atoms with Crippen LogP contribution in [0.3, 0.4) is 0 Å². The third-order valence-electron chi connectivity index (χ3n) is 5.98. The second kappa shape index (κ2) is 11.8. The highest BCUT2D eigenvalue weighted by Gasteiger charge is 2.34. The Labute approximate surface area is 229 Å². The van der Waals surface area contributed by atoms with Gasteiger partial charge in [0.05, 0.1) is 16.6 Å². The van der Waals surface area contributed by atoms with E-state index in [1.807, 2.05) is 18.2 Å². The minimum atomic E-state index is -4.13. The summed E-state index contributed by atoms with van der Waals surface area (Å²) in [5.74, 6) is 0.434. The zero-order chi connectivity index (χ0) is 28.0. The first-order valence-corrected chi connectivity index (χ1v) is 14.1. The Morgan fingerprint density at radius 3 is 2.23 bits per heavy atom. The maximum absolute atomic E-state index is 13.9. The van der Waals surface area contributed by atoms with Gasteiger partial charge in [0.15, 0.2) is 5.75 Å². The molecule has 10 heteroatoms. The minimum Gasteiger partial charge on any atom is -0.455 e. The number of rotatable bonds is 8. The molecule has 1 atom stereocenters. The van der Waals surface area contributed by atoms with Crippen molar-refractivity contribution in [1.82, 2.24) is 10.2 Å². The third kappa shape index (κ3) is 7.29. The van der Waals surface area contributed by atoms with Gasteiger partial charge in [0, 0.05) is 13.1 Å². The van der Waals surface area contributed by atoms with E-state index in [0.29, 0.717) is 24.5 Å². The van der Waals surface area contributed by atoms with Gasteiger partial charge in [-0.2, -0.15) is 0 Å². The third-order valence-corrected chi connectivity index (χ3v) is 7.75. The van der Waals surface area contributed by atoms with Crippen molar-refractivity contribution in [2.24, 2.45) is 0 Å². The Kier molecular flexibility index (Phi) is 8.44. The van der Waals surface area contributed by atoms with Gasteiger partial charge in [-0.15, -0.1) is 0 Å². The smallest absolute Gasteiger partial charge is 0.407 e. The molecule has 0 spiro atoms. The summed E-state index contributed by atoms with van der Waals surface area (Å²) in [6.07, 6.45) is -0.0218. The summed E-state index contributed by atoms with van der Waals surface area (Å²) >= 11 is 0. The van der Waals surface area contributed by atoms with E-state index in [4.69, 9.17) is 9.47 Å². The summed E-state index contributed by atoms with van der Waals surface area (Å²) in [4.78, 5) is 27.3. The molecule has 1 aliphatic rings. The number of hydrogen-bond donors (Lipinski definition) is 1. The Morgan fingerprint density at radius 1 is 0.949 bits per heavy atom. The van der Waals surface area contributed by atoms with Crippen molar-refractivity contribution in [1.29, 1.82) is 0 Å².